The number of nitrogens with one attached hydrogen (secondary N) is 1. The predicted octanol–water partition coefficient (Wildman–Crippen LogP) is 2.06. The van der Waals surface area contributed by atoms with Gasteiger partial charge in [0.25, 0.3) is 5.91 Å². The monoisotopic (exact) mass is 456 g/mol. The Morgan fingerprint density at radius 3 is 2.79 bits per heavy atom. The number of rotatable bonds is 2. The Bertz CT molecular complexity index is 1100. The number of carbonyl (C=O) groups is 1. The highest BCUT2D eigenvalue weighted by molar-refractivity contribution is 6.04. The van der Waals surface area contributed by atoms with Crippen LogP contribution in [0.4, 0.5) is 10.2 Å². The molecule has 3 aliphatic rings. The lowest BCUT2D eigenvalue weighted by Crippen LogP contribution is -2.55. The van der Waals surface area contributed by atoms with Gasteiger partial charge in [-0.05, 0) is 39.3 Å². The molecular formula is C24H29FN4O4. The molecule has 1 aromatic heterocycles. The molecular weight excluding hydrogens is 427 g/mol. The molecule has 8 nitrogen and oxygen atoms in total. The fourth-order valence-electron chi connectivity index (χ4n) is 5.28. The van der Waals surface area contributed by atoms with Crippen molar-refractivity contribution >= 4 is 11.7 Å². The minimum atomic E-state index is -0.612. The van der Waals surface area contributed by atoms with Crippen LogP contribution in [0.2, 0.25) is 0 Å². The van der Waals surface area contributed by atoms with Gasteiger partial charge in [-0.1, -0.05) is 6.07 Å². The lowest BCUT2D eigenvalue weighted by molar-refractivity contribution is 0.0606. The first kappa shape index (κ1) is 21.9. The van der Waals surface area contributed by atoms with Crippen molar-refractivity contribution in [2.45, 2.75) is 44.9 Å². The Balaban J connectivity index is 1.78. The van der Waals surface area contributed by atoms with E-state index in [2.05, 4.69) is 5.32 Å². The second kappa shape index (κ2) is 7.85. The van der Waals surface area contributed by atoms with Gasteiger partial charge >= 0.3 is 0 Å². The Labute approximate surface area is 192 Å². The number of aliphatic hydroxyl groups is 1. The number of aromatic hydroxyl groups is 1. The van der Waals surface area contributed by atoms with E-state index in [1.807, 2.05) is 23.6 Å². The molecule has 0 saturated carbocycles. The number of aliphatic hydroxyl groups excluding tert-OH is 1. The summed E-state index contributed by atoms with van der Waals surface area (Å²) in [6.07, 6.45) is -0.0825. The summed E-state index contributed by atoms with van der Waals surface area (Å²) in [7, 11) is 0. The fraction of sp³-hybridized carbons (Fsp3) is 0.500. The second-order valence-corrected chi connectivity index (χ2v) is 9.70. The summed E-state index contributed by atoms with van der Waals surface area (Å²) in [5.74, 6) is -0.327. The highest BCUT2D eigenvalue weighted by Crippen LogP contribution is 2.45. The topological polar surface area (TPSA) is 98.2 Å². The third-order valence-corrected chi connectivity index (χ3v) is 6.95. The molecule has 9 heteroatoms. The van der Waals surface area contributed by atoms with Crippen LogP contribution in [-0.4, -0.2) is 76.5 Å². The lowest BCUT2D eigenvalue weighted by Gasteiger charge is -2.36. The molecule has 2 fully saturated rings. The Hall–Kier alpha value is -2.91. The first-order valence-corrected chi connectivity index (χ1v) is 11.3. The molecule has 5 rings (SSSR count). The summed E-state index contributed by atoms with van der Waals surface area (Å²) in [4.78, 5) is 22.3. The van der Waals surface area contributed by atoms with Crippen LogP contribution in [0.3, 0.4) is 0 Å². The van der Waals surface area contributed by atoms with Crippen molar-refractivity contribution in [2.75, 3.05) is 37.7 Å². The Morgan fingerprint density at radius 1 is 1.30 bits per heavy atom. The predicted molar refractivity (Wildman–Crippen MR) is 121 cm³/mol. The van der Waals surface area contributed by atoms with E-state index in [4.69, 9.17) is 9.72 Å². The minimum Gasteiger partial charge on any atom is -0.507 e. The maximum Gasteiger partial charge on any atom is 0.261 e. The van der Waals surface area contributed by atoms with E-state index in [0.717, 1.165) is 0 Å². The zero-order valence-corrected chi connectivity index (χ0v) is 19.1. The third-order valence-electron chi connectivity index (χ3n) is 6.95. The van der Waals surface area contributed by atoms with Gasteiger partial charge in [-0.25, -0.2) is 9.37 Å². The number of hydrogen-bond acceptors (Lipinski definition) is 7. The van der Waals surface area contributed by atoms with E-state index in [1.54, 1.807) is 6.92 Å². The molecule has 2 atom stereocenters. The van der Waals surface area contributed by atoms with Gasteiger partial charge in [0.15, 0.2) is 0 Å². The van der Waals surface area contributed by atoms with Crippen molar-refractivity contribution in [3.63, 3.8) is 0 Å². The van der Waals surface area contributed by atoms with Crippen LogP contribution < -0.4 is 15.0 Å². The molecule has 4 heterocycles. The number of hydrogen-bond donors (Lipinski definition) is 3. The highest BCUT2D eigenvalue weighted by Gasteiger charge is 2.44. The maximum atomic E-state index is 14.9. The second-order valence-electron chi connectivity index (χ2n) is 9.70. The average molecular weight is 457 g/mol. The summed E-state index contributed by atoms with van der Waals surface area (Å²) in [6, 6.07) is 3.97. The molecule has 1 amide bonds. The number of phenols is 1. The molecule has 0 spiro atoms. The number of phenolic OH excluding ortho intramolecular Hbond substituents is 1. The van der Waals surface area contributed by atoms with Crippen LogP contribution in [0.5, 0.6) is 11.5 Å². The molecule has 1 aromatic carbocycles. The number of anilines is 1. The Morgan fingerprint density at radius 2 is 2.09 bits per heavy atom. The summed E-state index contributed by atoms with van der Waals surface area (Å²) < 4.78 is 21.1. The molecule has 2 aromatic rings. The van der Waals surface area contributed by atoms with Gasteiger partial charge in [0.2, 0.25) is 0 Å². The SMILES string of the molecule is Cc1c(-c2c(O)cccc2F)nc(N2CC(O)CC2(C)C)c2c1OC[C@H]1CNCCN1C2=O. The van der Waals surface area contributed by atoms with E-state index in [1.165, 1.54) is 18.2 Å². The van der Waals surface area contributed by atoms with E-state index in [0.29, 0.717) is 55.4 Å². The number of piperazine rings is 1. The van der Waals surface area contributed by atoms with Crippen LogP contribution in [0, 0.1) is 12.7 Å². The first-order valence-electron chi connectivity index (χ1n) is 11.3. The molecule has 0 aliphatic carbocycles. The first-order chi connectivity index (χ1) is 15.7. The number of benzene rings is 1. The number of carbonyl (C=O) groups excluding carboxylic acids is 1. The van der Waals surface area contributed by atoms with Crippen LogP contribution >= 0.6 is 0 Å². The number of fused-ring (bicyclic) bond motifs is 2. The van der Waals surface area contributed by atoms with Gasteiger partial charge in [0.05, 0.1) is 23.4 Å². The van der Waals surface area contributed by atoms with Gasteiger partial charge in [0.1, 0.15) is 35.3 Å². The summed E-state index contributed by atoms with van der Waals surface area (Å²) >= 11 is 0. The highest BCUT2D eigenvalue weighted by atomic mass is 19.1. The van der Waals surface area contributed by atoms with Crippen molar-refractivity contribution in [3.05, 3.63) is 35.1 Å². The molecule has 3 aliphatic heterocycles. The van der Waals surface area contributed by atoms with Crippen molar-refractivity contribution in [3.8, 4) is 22.8 Å². The number of halogens is 1. The van der Waals surface area contributed by atoms with Crippen molar-refractivity contribution in [2.24, 2.45) is 0 Å². The van der Waals surface area contributed by atoms with Gasteiger partial charge in [0, 0.05) is 37.3 Å². The van der Waals surface area contributed by atoms with Crippen LogP contribution in [-0.2, 0) is 0 Å². The standard InChI is InChI=1S/C24H29FN4O4/c1-13-20(18-16(25)5-4-6-17(18)31)27-22(29-11-15(30)9-24(29,2)3)19-21(13)33-12-14-10-26-7-8-28(14)23(19)32/h4-6,14-15,26,30-31H,7-12H2,1-3H3/t14-,15?/m1/s1. The van der Waals surface area contributed by atoms with Crippen molar-refractivity contribution < 1.29 is 24.1 Å². The van der Waals surface area contributed by atoms with Crippen LogP contribution in [0.25, 0.3) is 11.3 Å². The number of nitrogens with zero attached hydrogens (tertiary/aromatic N) is 3. The molecule has 0 radical (unpaired) electrons. The lowest BCUT2D eigenvalue weighted by atomic mass is 9.98. The number of β-amino-alcohol motifs (C(OH)–C–C–N with tert-alkyl or cyclic N) is 1. The van der Waals surface area contributed by atoms with Crippen molar-refractivity contribution in [1.82, 2.24) is 15.2 Å². The quantitative estimate of drug-likeness (QED) is 0.636. The zero-order chi connectivity index (χ0) is 23.5. The van der Waals surface area contributed by atoms with Gasteiger partial charge in [-0.3, -0.25) is 4.79 Å². The largest absolute Gasteiger partial charge is 0.507 e. The number of aromatic nitrogens is 1. The minimum absolute atomic E-state index is 0.0312. The fourth-order valence-corrected chi connectivity index (χ4v) is 5.28. The molecule has 0 bridgehead atoms. The summed E-state index contributed by atoms with van der Waals surface area (Å²) in [6.45, 7) is 8.13. The normalized spacial score (nSPS) is 24.2. The molecule has 2 saturated heterocycles. The van der Waals surface area contributed by atoms with Gasteiger partial charge in [-0.2, -0.15) is 0 Å². The van der Waals surface area contributed by atoms with Gasteiger partial charge < -0.3 is 30.1 Å². The van der Waals surface area contributed by atoms with Crippen LogP contribution in [0.15, 0.2) is 18.2 Å². The zero-order valence-electron chi connectivity index (χ0n) is 19.1. The van der Waals surface area contributed by atoms with E-state index >= 15 is 0 Å². The van der Waals surface area contributed by atoms with Crippen molar-refractivity contribution in [1.29, 1.82) is 0 Å². The molecule has 1 unspecified atom stereocenters. The summed E-state index contributed by atoms with van der Waals surface area (Å²) in [5, 5.41) is 24.2. The molecule has 3 N–H and O–H groups in total. The third kappa shape index (κ3) is 3.50. The number of ether oxygens (including phenoxy) is 1. The Kier molecular flexibility index (Phi) is 5.21. The smallest absolute Gasteiger partial charge is 0.261 e. The van der Waals surface area contributed by atoms with Crippen LogP contribution in [0.1, 0.15) is 36.2 Å². The van der Waals surface area contributed by atoms with E-state index in [9.17, 15) is 19.4 Å². The molecule has 33 heavy (non-hydrogen) atoms. The molecule has 176 valence electrons. The summed E-state index contributed by atoms with van der Waals surface area (Å²) in [5.41, 5.74) is 0.532. The number of amides is 1. The van der Waals surface area contributed by atoms with Gasteiger partial charge in [-0.15, -0.1) is 0 Å². The van der Waals surface area contributed by atoms with E-state index in [-0.39, 0.29) is 35.5 Å². The average Bonchev–Trinajstić information content (AvgIpc) is 2.95. The van der Waals surface area contributed by atoms with E-state index < -0.39 is 17.5 Å². The maximum absolute atomic E-state index is 14.9. The number of pyridine rings is 1.